The summed E-state index contributed by atoms with van der Waals surface area (Å²) >= 11 is 0. The van der Waals surface area contributed by atoms with Gasteiger partial charge >= 0.3 is 0 Å². The molecule has 1 atom stereocenters. The first kappa shape index (κ1) is 17.4. The predicted molar refractivity (Wildman–Crippen MR) is 93.4 cm³/mol. The summed E-state index contributed by atoms with van der Waals surface area (Å²) in [7, 11) is 0. The van der Waals surface area contributed by atoms with Crippen LogP contribution < -0.4 is 5.32 Å². The number of aromatic nitrogens is 2. The van der Waals surface area contributed by atoms with Crippen LogP contribution in [0.5, 0.6) is 0 Å². The molecule has 1 amide bonds. The van der Waals surface area contributed by atoms with E-state index in [1.807, 2.05) is 18.2 Å². The number of hydrogen-bond donors (Lipinski definition) is 1. The van der Waals surface area contributed by atoms with E-state index in [2.05, 4.69) is 16.4 Å². The third-order valence-electron chi connectivity index (χ3n) is 4.41. The van der Waals surface area contributed by atoms with Crippen LogP contribution in [0.2, 0.25) is 0 Å². The fourth-order valence-electron chi connectivity index (χ4n) is 3.10. The molecule has 6 heteroatoms. The van der Waals surface area contributed by atoms with Crippen LogP contribution in [0.3, 0.4) is 0 Å². The summed E-state index contributed by atoms with van der Waals surface area (Å²) in [4.78, 5) is 28.1. The third kappa shape index (κ3) is 4.54. The average molecular weight is 341 g/mol. The molecule has 0 saturated carbocycles. The molecule has 0 saturated heterocycles. The lowest BCUT2D eigenvalue weighted by Crippen LogP contribution is -2.38. The van der Waals surface area contributed by atoms with E-state index in [0.717, 1.165) is 31.1 Å². The van der Waals surface area contributed by atoms with Crippen molar-refractivity contribution in [2.24, 2.45) is 0 Å². The van der Waals surface area contributed by atoms with Crippen molar-refractivity contribution in [2.45, 2.75) is 38.3 Å². The van der Waals surface area contributed by atoms with Crippen molar-refractivity contribution in [3.05, 3.63) is 53.6 Å². The van der Waals surface area contributed by atoms with Gasteiger partial charge in [0.15, 0.2) is 0 Å². The summed E-state index contributed by atoms with van der Waals surface area (Å²) in [5, 5.41) is 2.82. The Kier molecular flexibility index (Phi) is 5.95. The number of aryl methyl sites for hydroxylation is 2. The van der Waals surface area contributed by atoms with Crippen molar-refractivity contribution in [2.75, 3.05) is 13.2 Å². The molecule has 3 rings (SSSR count). The number of fused-ring (bicyclic) bond motifs is 2. The molecule has 0 unspecified atom stereocenters. The zero-order valence-electron chi connectivity index (χ0n) is 14.2. The van der Waals surface area contributed by atoms with Crippen LogP contribution in [0.4, 0.5) is 0 Å². The molecule has 1 N–H and O–H groups in total. The van der Waals surface area contributed by atoms with E-state index in [1.54, 1.807) is 10.9 Å². The normalized spacial score (nSPS) is 19.7. The third-order valence-corrected chi connectivity index (χ3v) is 4.41. The molecule has 0 spiro atoms. The second-order valence-corrected chi connectivity index (χ2v) is 6.23. The van der Waals surface area contributed by atoms with Crippen LogP contribution in [0.1, 0.15) is 34.5 Å². The Bertz CT molecular complexity index is 726. The van der Waals surface area contributed by atoms with E-state index in [4.69, 9.17) is 4.74 Å². The summed E-state index contributed by atoms with van der Waals surface area (Å²) < 4.78 is 7.49. The fraction of sp³-hybridized carbons (Fsp3) is 0.421. The van der Waals surface area contributed by atoms with Gasteiger partial charge in [0.05, 0.1) is 18.6 Å². The number of imidazole rings is 1. The highest BCUT2D eigenvalue weighted by Crippen LogP contribution is 2.14. The van der Waals surface area contributed by atoms with Crippen LogP contribution in [-0.2, 0) is 28.9 Å². The van der Waals surface area contributed by atoms with Crippen LogP contribution in [0.15, 0.2) is 36.8 Å². The lowest BCUT2D eigenvalue weighted by Gasteiger charge is -2.16. The minimum atomic E-state index is -0.557. The Morgan fingerprint density at radius 2 is 2.00 bits per heavy atom. The molecule has 1 aromatic heterocycles. The van der Waals surface area contributed by atoms with Crippen molar-refractivity contribution in [1.29, 1.82) is 0 Å². The van der Waals surface area contributed by atoms with E-state index in [9.17, 15) is 9.59 Å². The number of nitrogens with one attached hydrogen (secondary N) is 1. The number of rotatable bonds is 1. The van der Waals surface area contributed by atoms with Gasteiger partial charge in [-0.2, -0.15) is 0 Å². The van der Waals surface area contributed by atoms with Gasteiger partial charge in [0.25, 0.3) is 5.91 Å². The SMILES string of the molecule is O=C[C@@H]1Cc2ccccc2CCCOCCCn2cncc2C(=O)N1. The average Bonchev–Trinajstić information content (AvgIpc) is 3.09. The summed E-state index contributed by atoms with van der Waals surface area (Å²) in [6.07, 6.45) is 7.11. The first-order valence-electron chi connectivity index (χ1n) is 8.68. The Morgan fingerprint density at radius 1 is 1.20 bits per heavy atom. The molecule has 0 fully saturated rings. The molecule has 1 aliphatic heterocycles. The fourth-order valence-corrected chi connectivity index (χ4v) is 3.10. The van der Waals surface area contributed by atoms with Gasteiger partial charge in [-0.3, -0.25) is 4.79 Å². The number of carbonyl (C=O) groups is 2. The van der Waals surface area contributed by atoms with E-state index < -0.39 is 6.04 Å². The van der Waals surface area contributed by atoms with Crippen LogP contribution in [0.25, 0.3) is 0 Å². The number of ether oxygens (including phenoxy) is 1. The van der Waals surface area contributed by atoms with Crippen LogP contribution in [0, 0.1) is 0 Å². The van der Waals surface area contributed by atoms with Gasteiger partial charge in [0.2, 0.25) is 0 Å². The Balaban J connectivity index is 1.83. The van der Waals surface area contributed by atoms with Crippen molar-refractivity contribution in [3.8, 4) is 0 Å². The molecule has 25 heavy (non-hydrogen) atoms. The lowest BCUT2D eigenvalue weighted by atomic mass is 9.97. The maximum Gasteiger partial charge on any atom is 0.270 e. The topological polar surface area (TPSA) is 73.2 Å². The summed E-state index contributed by atoms with van der Waals surface area (Å²) in [6.45, 7) is 2.02. The van der Waals surface area contributed by atoms with Gasteiger partial charge in [-0.15, -0.1) is 0 Å². The van der Waals surface area contributed by atoms with Gasteiger partial charge in [-0.05, 0) is 36.8 Å². The first-order chi connectivity index (χ1) is 12.3. The van der Waals surface area contributed by atoms with Crippen LogP contribution in [-0.4, -0.2) is 41.0 Å². The minimum absolute atomic E-state index is 0.275. The number of hydrogen-bond acceptors (Lipinski definition) is 4. The highest BCUT2D eigenvalue weighted by molar-refractivity contribution is 5.94. The molecule has 6 nitrogen and oxygen atoms in total. The number of benzene rings is 1. The van der Waals surface area contributed by atoms with Gasteiger partial charge in [0, 0.05) is 19.8 Å². The number of amides is 1. The number of carbonyl (C=O) groups excluding carboxylic acids is 2. The van der Waals surface area contributed by atoms with Gasteiger partial charge < -0.3 is 19.4 Å². The maximum atomic E-state index is 12.5. The smallest absolute Gasteiger partial charge is 0.270 e. The van der Waals surface area contributed by atoms with E-state index in [0.29, 0.717) is 31.9 Å². The molecule has 2 heterocycles. The van der Waals surface area contributed by atoms with E-state index >= 15 is 0 Å². The molecule has 0 bridgehead atoms. The second-order valence-electron chi connectivity index (χ2n) is 6.23. The van der Waals surface area contributed by atoms with Crippen molar-refractivity contribution in [1.82, 2.24) is 14.9 Å². The second kappa shape index (κ2) is 8.58. The zero-order chi connectivity index (χ0) is 17.5. The van der Waals surface area contributed by atoms with Crippen molar-refractivity contribution >= 4 is 12.2 Å². The molecule has 0 radical (unpaired) electrons. The van der Waals surface area contributed by atoms with Crippen molar-refractivity contribution in [3.63, 3.8) is 0 Å². The Morgan fingerprint density at radius 3 is 2.84 bits per heavy atom. The Labute approximate surface area is 147 Å². The maximum absolute atomic E-state index is 12.5. The molecular formula is C19H23N3O3. The van der Waals surface area contributed by atoms with Crippen molar-refractivity contribution < 1.29 is 14.3 Å². The van der Waals surface area contributed by atoms with Gasteiger partial charge in [-0.1, -0.05) is 24.3 Å². The summed E-state index contributed by atoms with van der Waals surface area (Å²) in [5.41, 5.74) is 2.75. The quantitative estimate of drug-likeness (QED) is 0.803. The standard InChI is InChI=1S/C19H23N3O3/c23-13-17-11-16-6-2-1-5-15(16)7-3-9-25-10-4-8-22-14-20-12-18(22)19(24)21-17/h1-2,5-6,12-14,17H,3-4,7-11H2,(H,21,24)/t17-/m0/s1. The molecule has 1 aromatic carbocycles. The monoisotopic (exact) mass is 341 g/mol. The summed E-state index contributed by atoms with van der Waals surface area (Å²) in [6, 6.07) is 7.50. The lowest BCUT2D eigenvalue weighted by molar-refractivity contribution is -0.109. The molecule has 1 aliphatic rings. The van der Waals surface area contributed by atoms with E-state index in [1.165, 1.54) is 11.8 Å². The highest BCUT2D eigenvalue weighted by Gasteiger charge is 2.18. The zero-order valence-corrected chi connectivity index (χ0v) is 14.2. The first-order valence-corrected chi connectivity index (χ1v) is 8.68. The number of nitrogens with zero attached hydrogens (tertiary/aromatic N) is 2. The molecular weight excluding hydrogens is 318 g/mol. The van der Waals surface area contributed by atoms with Gasteiger partial charge in [-0.25, -0.2) is 4.98 Å². The van der Waals surface area contributed by atoms with Crippen LogP contribution >= 0.6 is 0 Å². The summed E-state index contributed by atoms with van der Waals surface area (Å²) in [5.74, 6) is -0.275. The van der Waals surface area contributed by atoms with Gasteiger partial charge in [0.1, 0.15) is 12.0 Å². The Hall–Kier alpha value is -2.47. The molecule has 132 valence electrons. The molecule has 0 aliphatic carbocycles. The largest absolute Gasteiger partial charge is 0.381 e. The number of aldehydes is 1. The molecule has 2 aromatic rings. The minimum Gasteiger partial charge on any atom is -0.381 e. The highest BCUT2D eigenvalue weighted by atomic mass is 16.5. The predicted octanol–water partition coefficient (Wildman–Crippen LogP) is 1.78. The van der Waals surface area contributed by atoms with E-state index in [-0.39, 0.29) is 5.91 Å².